The van der Waals surface area contributed by atoms with E-state index in [1.54, 1.807) is 6.20 Å². The number of hydrogen-bond acceptors (Lipinski definition) is 2. The zero-order valence-corrected chi connectivity index (χ0v) is 10.8. The van der Waals surface area contributed by atoms with E-state index in [-0.39, 0.29) is 5.60 Å². The van der Waals surface area contributed by atoms with Crippen LogP contribution in [0.5, 0.6) is 5.88 Å². The van der Waals surface area contributed by atoms with Crippen molar-refractivity contribution >= 4 is 21.8 Å². The second-order valence-corrected chi connectivity index (χ2v) is 5.42. The molecule has 92 valence electrons. The Hall–Kier alpha value is -2.03. The molecule has 3 heteroatoms. The van der Waals surface area contributed by atoms with Gasteiger partial charge in [0.1, 0.15) is 11.1 Å². The fraction of sp³-hybridized carbons (Fsp3) is 0.267. The maximum absolute atomic E-state index is 5.90. The molecule has 0 saturated heterocycles. The first-order valence-electron chi connectivity index (χ1n) is 6.09. The highest BCUT2D eigenvalue weighted by Crippen LogP contribution is 2.31. The first-order valence-corrected chi connectivity index (χ1v) is 6.09. The van der Waals surface area contributed by atoms with Crippen LogP contribution in [0.25, 0.3) is 21.8 Å². The first-order chi connectivity index (χ1) is 8.54. The van der Waals surface area contributed by atoms with Gasteiger partial charge in [-0.1, -0.05) is 18.2 Å². The second kappa shape index (κ2) is 3.73. The Bertz CT molecular complexity index is 707. The van der Waals surface area contributed by atoms with Crippen LogP contribution in [0, 0.1) is 0 Å². The lowest BCUT2D eigenvalue weighted by atomic mass is 10.2. The van der Waals surface area contributed by atoms with Crippen molar-refractivity contribution < 1.29 is 4.74 Å². The fourth-order valence-electron chi connectivity index (χ4n) is 2.12. The van der Waals surface area contributed by atoms with E-state index in [9.17, 15) is 0 Å². The first kappa shape index (κ1) is 11.1. The predicted octanol–water partition coefficient (Wildman–Crippen LogP) is 3.89. The number of rotatable bonds is 1. The zero-order valence-electron chi connectivity index (χ0n) is 10.8. The fourth-order valence-corrected chi connectivity index (χ4v) is 2.12. The van der Waals surface area contributed by atoms with Gasteiger partial charge in [0, 0.05) is 22.5 Å². The van der Waals surface area contributed by atoms with E-state index in [0.717, 1.165) is 16.4 Å². The molecule has 1 N–H and O–H groups in total. The van der Waals surface area contributed by atoms with Gasteiger partial charge in [-0.25, -0.2) is 4.98 Å². The maximum Gasteiger partial charge on any atom is 0.238 e. The molecule has 0 radical (unpaired) electrons. The van der Waals surface area contributed by atoms with Gasteiger partial charge >= 0.3 is 0 Å². The molecule has 0 aliphatic rings. The van der Waals surface area contributed by atoms with Crippen LogP contribution in [0.2, 0.25) is 0 Å². The Labute approximate surface area is 106 Å². The Kier molecular flexibility index (Phi) is 2.30. The van der Waals surface area contributed by atoms with Crippen LogP contribution in [0.1, 0.15) is 20.8 Å². The SMILES string of the molecule is CC(C)(C)Oc1nccc2c1[nH]c1ccccc12. The molecular formula is C15H16N2O. The highest BCUT2D eigenvalue weighted by Gasteiger charge is 2.16. The van der Waals surface area contributed by atoms with Crippen molar-refractivity contribution in [2.45, 2.75) is 26.4 Å². The minimum absolute atomic E-state index is 0.251. The molecule has 0 fully saturated rings. The minimum Gasteiger partial charge on any atom is -0.470 e. The monoisotopic (exact) mass is 240 g/mol. The summed E-state index contributed by atoms with van der Waals surface area (Å²) in [7, 11) is 0. The smallest absolute Gasteiger partial charge is 0.238 e. The highest BCUT2D eigenvalue weighted by atomic mass is 16.5. The van der Waals surface area contributed by atoms with Crippen LogP contribution in [0.15, 0.2) is 36.5 Å². The van der Waals surface area contributed by atoms with Gasteiger partial charge in [-0.2, -0.15) is 0 Å². The molecule has 3 rings (SSSR count). The Morgan fingerprint density at radius 3 is 2.61 bits per heavy atom. The lowest BCUT2D eigenvalue weighted by Gasteiger charge is -2.20. The van der Waals surface area contributed by atoms with E-state index in [0.29, 0.717) is 5.88 Å². The molecule has 1 aromatic carbocycles. The van der Waals surface area contributed by atoms with Gasteiger partial charge in [0.05, 0.1) is 0 Å². The third kappa shape index (κ3) is 1.82. The number of benzene rings is 1. The Balaban J connectivity index is 2.28. The van der Waals surface area contributed by atoms with E-state index < -0.39 is 0 Å². The third-order valence-corrected chi connectivity index (χ3v) is 2.80. The average Bonchev–Trinajstić information content (AvgIpc) is 2.67. The van der Waals surface area contributed by atoms with Gasteiger partial charge < -0.3 is 9.72 Å². The van der Waals surface area contributed by atoms with Gasteiger partial charge in [-0.15, -0.1) is 0 Å². The quantitative estimate of drug-likeness (QED) is 0.700. The number of pyridine rings is 1. The predicted molar refractivity (Wildman–Crippen MR) is 74.0 cm³/mol. The van der Waals surface area contributed by atoms with E-state index in [2.05, 4.69) is 22.1 Å². The van der Waals surface area contributed by atoms with Crippen molar-refractivity contribution in [2.24, 2.45) is 0 Å². The van der Waals surface area contributed by atoms with E-state index in [4.69, 9.17) is 4.74 Å². The molecular weight excluding hydrogens is 224 g/mol. The normalized spacial score (nSPS) is 12.2. The van der Waals surface area contributed by atoms with Crippen molar-refractivity contribution in [3.05, 3.63) is 36.5 Å². The summed E-state index contributed by atoms with van der Waals surface area (Å²) in [5.41, 5.74) is 1.83. The molecule has 0 unspecified atom stereocenters. The molecule has 2 heterocycles. The average molecular weight is 240 g/mol. The summed E-state index contributed by atoms with van der Waals surface area (Å²) in [6.45, 7) is 6.07. The number of ether oxygens (including phenoxy) is 1. The van der Waals surface area contributed by atoms with Crippen LogP contribution in [0.3, 0.4) is 0 Å². The Morgan fingerprint density at radius 1 is 1.06 bits per heavy atom. The van der Waals surface area contributed by atoms with Crippen LogP contribution in [0.4, 0.5) is 0 Å². The van der Waals surface area contributed by atoms with Crippen molar-refractivity contribution in [1.29, 1.82) is 0 Å². The number of nitrogens with one attached hydrogen (secondary N) is 1. The molecule has 0 saturated carbocycles. The molecule has 0 aliphatic heterocycles. The number of para-hydroxylation sites is 1. The number of aromatic amines is 1. The van der Waals surface area contributed by atoms with Crippen molar-refractivity contribution in [3.63, 3.8) is 0 Å². The number of fused-ring (bicyclic) bond motifs is 3. The summed E-state index contributed by atoms with van der Waals surface area (Å²) in [6.07, 6.45) is 1.80. The van der Waals surface area contributed by atoms with Crippen molar-refractivity contribution in [2.75, 3.05) is 0 Å². The van der Waals surface area contributed by atoms with E-state index in [1.165, 1.54) is 5.39 Å². The zero-order chi connectivity index (χ0) is 12.8. The number of aromatic nitrogens is 2. The molecule has 2 aromatic heterocycles. The molecule has 18 heavy (non-hydrogen) atoms. The molecule has 3 nitrogen and oxygen atoms in total. The van der Waals surface area contributed by atoms with Crippen LogP contribution < -0.4 is 4.74 Å². The summed E-state index contributed by atoms with van der Waals surface area (Å²) < 4.78 is 5.90. The Morgan fingerprint density at radius 2 is 1.83 bits per heavy atom. The summed E-state index contributed by atoms with van der Waals surface area (Å²) in [5.74, 6) is 0.663. The van der Waals surface area contributed by atoms with Gasteiger partial charge in [-0.05, 0) is 32.9 Å². The standard InChI is InChI=1S/C15H16N2O/c1-15(2,3)18-14-13-11(8-9-16-14)10-6-4-5-7-12(10)17-13/h4-9,17H,1-3H3. The van der Waals surface area contributed by atoms with Crippen LogP contribution in [-0.2, 0) is 0 Å². The molecule has 0 amide bonds. The summed E-state index contributed by atoms with van der Waals surface area (Å²) in [5, 5.41) is 2.36. The topological polar surface area (TPSA) is 37.9 Å². The second-order valence-electron chi connectivity index (χ2n) is 5.42. The van der Waals surface area contributed by atoms with Gasteiger partial charge in [-0.3, -0.25) is 0 Å². The van der Waals surface area contributed by atoms with Crippen molar-refractivity contribution in [1.82, 2.24) is 9.97 Å². The van der Waals surface area contributed by atoms with Crippen LogP contribution in [-0.4, -0.2) is 15.6 Å². The number of H-pyrrole nitrogens is 1. The van der Waals surface area contributed by atoms with E-state index >= 15 is 0 Å². The molecule has 0 atom stereocenters. The van der Waals surface area contributed by atoms with E-state index in [1.807, 2.05) is 39.0 Å². The molecule has 0 aliphatic carbocycles. The van der Waals surface area contributed by atoms with Crippen LogP contribution >= 0.6 is 0 Å². The van der Waals surface area contributed by atoms with Gasteiger partial charge in [0.2, 0.25) is 5.88 Å². The van der Waals surface area contributed by atoms with Gasteiger partial charge in [0.25, 0.3) is 0 Å². The lowest BCUT2D eigenvalue weighted by molar-refractivity contribution is 0.126. The summed E-state index contributed by atoms with van der Waals surface area (Å²) in [6, 6.07) is 10.3. The highest BCUT2D eigenvalue weighted by molar-refractivity contribution is 6.08. The summed E-state index contributed by atoms with van der Waals surface area (Å²) in [4.78, 5) is 7.72. The molecule has 0 spiro atoms. The number of nitrogens with zero attached hydrogens (tertiary/aromatic N) is 1. The maximum atomic E-state index is 5.90. The third-order valence-electron chi connectivity index (χ3n) is 2.80. The number of hydrogen-bond donors (Lipinski definition) is 1. The largest absolute Gasteiger partial charge is 0.470 e. The lowest BCUT2D eigenvalue weighted by Crippen LogP contribution is -2.23. The van der Waals surface area contributed by atoms with Gasteiger partial charge in [0.15, 0.2) is 0 Å². The summed E-state index contributed by atoms with van der Waals surface area (Å²) >= 11 is 0. The minimum atomic E-state index is -0.251. The molecule has 3 aromatic rings. The molecule has 0 bridgehead atoms. The van der Waals surface area contributed by atoms with Crippen molar-refractivity contribution in [3.8, 4) is 5.88 Å².